The number of ether oxygens (including phenoxy) is 1. The van der Waals surface area contributed by atoms with Crippen molar-refractivity contribution in [3.05, 3.63) is 59.7 Å². The molecular weight excluding hydrogens is 344 g/mol. The van der Waals surface area contributed by atoms with Crippen LogP contribution >= 0.6 is 0 Å². The van der Waals surface area contributed by atoms with Crippen LogP contribution in [0.15, 0.2) is 48.5 Å². The Morgan fingerprint density at radius 1 is 0.926 bits per heavy atom. The minimum absolute atomic E-state index is 0.0406. The Balaban J connectivity index is 1.42. The summed E-state index contributed by atoms with van der Waals surface area (Å²) >= 11 is 0. The fraction of sp³-hybridized carbons (Fsp3) is 0.333. The average molecular weight is 368 g/mol. The van der Waals surface area contributed by atoms with Gasteiger partial charge in [-0.1, -0.05) is 17.7 Å². The van der Waals surface area contributed by atoms with Crippen molar-refractivity contribution >= 4 is 11.8 Å². The van der Waals surface area contributed by atoms with Gasteiger partial charge in [0.25, 0.3) is 5.91 Å². The van der Waals surface area contributed by atoms with E-state index >= 15 is 0 Å². The second-order valence-corrected chi connectivity index (χ2v) is 6.63. The molecule has 1 saturated heterocycles. The van der Waals surface area contributed by atoms with E-state index in [0.717, 1.165) is 11.3 Å². The highest BCUT2D eigenvalue weighted by molar-refractivity contribution is 5.94. The number of amides is 2. The van der Waals surface area contributed by atoms with Crippen LogP contribution in [-0.2, 0) is 4.79 Å². The van der Waals surface area contributed by atoms with Crippen molar-refractivity contribution in [1.29, 1.82) is 0 Å². The summed E-state index contributed by atoms with van der Waals surface area (Å²) in [5.74, 6) is 0.858. The van der Waals surface area contributed by atoms with E-state index < -0.39 is 0 Å². The van der Waals surface area contributed by atoms with Gasteiger partial charge in [0.1, 0.15) is 11.5 Å². The van der Waals surface area contributed by atoms with Gasteiger partial charge in [-0.15, -0.1) is 0 Å². The first kappa shape index (κ1) is 18.8. The van der Waals surface area contributed by atoms with E-state index in [1.165, 1.54) is 12.1 Å². The first-order valence-corrected chi connectivity index (χ1v) is 9.08. The molecule has 0 atom stereocenters. The van der Waals surface area contributed by atoms with Crippen molar-refractivity contribution in [3.8, 4) is 11.5 Å². The molecule has 3 rings (SSSR count). The van der Waals surface area contributed by atoms with Crippen LogP contribution in [0.2, 0.25) is 0 Å². The van der Waals surface area contributed by atoms with Crippen molar-refractivity contribution in [3.63, 3.8) is 0 Å². The molecular formula is C21H24N2O4. The minimum Gasteiger partial charge on any atom is -0.508 e. The predicted molar refractivity (Wildman–Crippen MR) is 102 cm³/mol. The van der Waals surface area contributed by atoms with Crippen LogP contribution < -0.4 is 4.74 Å². The summed E-state index contributed by atoms with van der Waals surface area (Å²) < 4.78 is 5.62. The Labute approximate surface area is 159 Å². The lowest BCUT2D eigenvalue weighted by molar-refractivity contribution is -0.133. The van der Waals surface area contributed by atoms with E-state index in [2.05, 4.69) is 0 Å². The maximum Gasteiger partial charge on any atom is 0.253 e. The lowest BCUT2D eigenvalue weighted by atomic mass is 10.1. The third kappa shape index (κ3) is 5.00. The molecule has 0 aliphatic carbocycles. The molecule has 0 saturated carbocycles. The zero-order chi connectivity index (χ0) is 19.2. The summed E-state index contributed by atoms with van der Waals surface area (Å²) in [4.78, 5) is 28.3. The molecule has 0 unspecified atom stereocenters. The molecule has 1 aliphatic rings. The molecule has 2 amide bonds. The SMILES string of the molecule is Cc1ccc(OCCC(=O)N2CCN(C(=O)c3ccc(O)cc3)CC2)cc1. The second kappa shape index (κ2) is 8.58. The summed E-state index contributed by atoms with van der Waals surface area (Å²) in [6, 6.07) is 14.0. The summed E-state index contributed by atoms with van der Waals surface area (Å²) in [6.45, 7) is 4.41. The summed E-state index contributed by atoms with van der Waals surface area (Å²) in [5, 5.41) is 9.32. The topological polar surface area (TPSA) is 70.1 Å². The summed E-state index contributed by atoms with van der Waals surface area (Å²) in [6.07, 6.45) is 0.319. The van der Waals surface area contributed by atoms with Crippen molar-refractivity contribution in [2.24, 2.45) is 0 Å². The summed E-state index contributed by atoms with van der Waals surface area (Å²) in [7, 11) is 0. The van der Waals surface area contributed by atoms with E-state index in [1.807, 2.05) is 31.2 Å². The predicted octanol–water partition coefficient (Wildman–Crippen LogP) is 2.45. The second-order valence-electron chi connectivity index (χ2n) is 6.63. The van der Waals surface area contributed by atoms with Crippen molar-refractivity contribution in [1.82, 2.24) is 9.80 Å². The standard InChI is InChI=1S/C21H24N2O4/c1-16-2-8-19(9-3-16)27-15-10-20(25)22-11-13-23(14-12-22)21(26)17-4-6-18(24)7-5-17/h2-9,24H,10-15H2,1H3. The molecule has 6 nitrogen and oxygen atoms in total. The minimum atomic E-state index is -0.0789. The van der Waals surface area contributed by atoms with E-state index in [0.29, 0.717) is 44.8 Å². The van der Waals surface area contributed by atoms with Crippen LogP contribution in [0.4, 0.5) is 0 Å². The largest absolute Gasteiger partial charge is 0.508 e. The van der Waals surface area contributed by atoms with E-state index in [4.69, 9.17) is 4.74 Å². The van der Waals surface area contributed by atoms with Gasteiger partial charge in [0.2, 0.25) is 5.91 Å². The third-order valence-electron chi connectivity index (χ3n) is 4.64. The highest BCUT2D eigenvalue weighted by Gasteiger charge is 2.24. The highest BCUT2D eigenvalue weighted by Crippen LogP contribution is 2.14. The molecule has 1 aliphatic heterocycles. The first-order chi connectivity index (χ1) is 13.0. The van der Waals surface area contributed by atoms with Crippen LogP contribution in [0.3, 0.4) is 0 Å². The molecule has 1 N–H and O–H groups in total. The number of aryl methyl sites for hydroxylation is 1. The number of nitrogens with zero attached hydrogens (tertiary/aromatic N) is 2. The fourth-order valence-corrected chi connectivity index (χ4v) is 2.99. The van der Waals surface area contributed by atoms with Crippen LogP contribution in [-0.4, -0.2) is 59.5 Å². The number of carbonyl (C=O) groups is 2. The zero-order valence-corrected chi connectivity index (χ0v) is 15.4. The van der Waals surface area contributed by atoms with E-state index in [1.54, 1.807) is 21.9 Å². The maximum absolute atomic E-state index is 12.5. The third-order valence-corrected chi connectivity index (χ3v) is 4.64. The molecule has 0 spiro atoms. The number of benzene rings is 2. The number of carbonyl (C=O) groups excluding carboxylic acids is 2. The van der Waals surface area contributed by atoms with Crippen molar-refractivity contribution in [2.45, 2.75) is 13.3 Å². The monoisotopic (exact) mass is 368 g/mol. The molecule has 1 fully saturated rings. The van der Waals surface area contributed by atoms with E-state index in [9.17, 15) is 14.7 Å². The smallest absolute Gasteiger partial charge is 0.253 e. The van der Waals surface area contributed by atoms with Gasteiger partial charge in [0.05, 0.1) is 13.0 Å². The number of rotatable bonds is 5. The Kier molecular flexibility index (Phi) is 5.96. The van der Waals surface area contributed by atoms with Crippen molar-refractivity contribution in [2.75, 3.05) is 32.8 Å². The first-order valence-electron chi connectivity index (χ1n) is 9.08. The van der Waals surface area contributed by atoms with Crippen LogP contribution in [0.1, 0.15) is 22.3 Å². The molecule has 142 valence electrons. The Hall–Kier alpha value is -3.02. The summed E-state index contributed by atoms with van der Waals surface area (Å²) in [5.41, 5.74) is 1.71. The van der Waals surface area contributed by atoms with Gasteiger partial charge >= 0.3 is 0 Å². The van der Waals surface area contributed by atoms with Gasteiger partial charge in [0, 0.05) is 31.7 Å². The number of phenolic OH excluding ortho intramolecular Hbond substituents is 1. The van der Waals surface area contributed by atoms with Crippen LogP contribution in [0.5, 0.6) is 11.5 Å². The van der Waals surface area contributed by atoms with Gasteiger partial charge < -0.3 is 19.6 Å². The number of hydrogen-bond donors (Lipinski definition) is 1. The molecule has 27 heavy (non-hydrogen) atoms. The highest BCUT2D eigenvalue weighted by atomic mass is 16.5. The average Bonchev–Trinajstić information content (AvgIpc) is 2.69. The lowest BCUT2D eigenvalue weighted by Crippen LogP contribution is -2.50. The molecule has 1 heterocycles. The van der Waals surface area contributed by atoms with Gasteiger partial charge in [-0.2, -0.15) is 0 Å². The number of piperazine rings is 1. The fourth-order valence-electron chi connectivity index (χ4n) is 2.99. The van der Waals surface area contributed by atoms with E-state index in [-0.39, 0.29) is 17.6 Å². The molecule has 0 radical (unpaired) electrons. The Morgan fingerprint density at radius 3 is 2.15 bits per heavy atom. The van der Waals surface area contributed by atoms with Crippen LogP contribution in [0, 0.1) is 6.92 Å². The molecule has 6 heteroatoms. The number of hydrogen-bond acceptors (Lipinski definition) is 4. The Morgan fingerprint density at radius 2 is 1.52 bits per heavy atom. The maximum atomic E-state index is 12.5. The van der Waals surface area contributed by atoms with Gasteiger partial charge in [-0.25, -0.2) is 0 Å². The quantitative estimate of drug-likeness (QED) is 0.880. The zero-order valence-electron chi connectivity index (χ0n) is 15.4. The molecule has 0 bridgehead atoms. The van der Waals surface area contributed by atoms with Gasteiger partial charge in [0.15, 0.2) is 0 Å². The van der Waals surface area contributed by atoms with Gasteiger partial charge in [-0.05, 0) is 43.3 Å². The van der Waals surface area contributed by atoms with Gasteiger partial charge in [-0.3, -0.25) is 9.59 Å². The molecule has 2 aromatic carbocycles. The van der Waals surface area contributed by atoms with Crippen molar-refractivity contribution < 1.29 is 19.4 Å². The molecule has 0 aromatic heterocycles. The van der Waals surface area contributed by atoms with Crippen LogP contribution in [0.25, 0.3) is 0 Å². The Bertz CT molecular complexity index is 779. The number of aromatic hydroxyl groups is 1. The number of phenols is 1. The lowest BCUT2D eigenvalue weighted by Gasteiger charge is -2.34. The molecule has 2 aromatic rings. The normalized spacial score (nSPS) is 14.1.